The molecule has 0 aliphatic carbocycles. The smallest absolute Gasteiger partial charge is 0.220 e. The van der Waals surface area contributed by atoms with Gasteiger partial charge in [-0.25, -0.2) is 0 Å². The third-order valence-corrected chi connectivity index (χ3v) is 3.35. The number of aliphatic hydroxyl groups is 1. The first kappa shape index (κ1) is 17.5. The number of hydrogen-bond acceptors (Lipinski definition) is 4. The van der Waals surface area contributed by atoms with Crippen LogP contribution in [0, 0.1) is 0 Å². The summed E-state index contributed by atoms with van der Waals surface area (Å²) in [7, 11) is 1.60. The number of rotatable bonds is 10. The maximum absolute atomic E-state index is 11.6. The summed E-state index contributed by atoms with van der Waals surface area (Å²) in [4.78, 5) is 11.6. The van der Waals surface area contributed by atoms with Gasteiger partial charge in [-0.1, -0.05) is 25.0 Å². The SMILES string of the molecule is COc1ccc(C(O)CNC(=O)CCCCCCN)cc1. The molecule has 0 aliphatic rings. The molecule has 0 saturated carbocycles. The molecule has 0 saturated heterocycles. The predicted molar refractivity (Wildman–Crippen MR) is 83.1 cm³/mol. The molecule has 1 unspecified atom stereocenters. The van der Waals surface area contributed by atoms with Gasteiger partial charge in [0.25, 0.3) is 0 Å². The van der Waals surface area contributed by atoms with Crippen molar-refractivity contribution < 1.29 is 14.6 Å². The van der Waals surface area contributed by atoms with Crippen LogP contribution in [0.15, 0.2) is 24.3 Å². The Kier molecular flexibility index (Phi) is 8.47. The predicted octanol–water partition coefficient (Wildman–Crippen LogP) is 1.75. The molecule has 1 rings (SSSR count). The molecule has 1 aromatic carbocycles. The molecule has 1 atom stereocenters. The summed E-state index contributed by atoms with van der Waals surface area (Å²) in [6.45, 7) is 0.939. The molecule has 5 heteroatoms. The summed E-state index contributed by atoms with van der Waals surface area (Å²) in [5, 5.41) is 12.8. The van der Waals surface area contributed by atoms with Crippen molar-refractivity contribution in [1.29, 1.82) is 0 Å². The van der Waals surface area contributed by atoms with E-state index in [0.717, 1.165) is 37.0 Å². The van der Waals surface area contributed by atoms with Crippen LogP contribution in [0.3, 0.4) is 0 Å². The van der Waals surface area contributed by atoms with E-state index in [0.29, 0.717) is 13.0 Å². The van der Waals surface area contributed by atoms with Crippen molar-refractivity contribution in [1.82, 2.24) is 5.32 Å². The van der Waals surface area contributed by atoms with E-state index in [-0.39, 0.29) is 12.5 Å². The highest BCUT2D eigenvalue weighted by Gasteiger charge is 2.09. The largest absolute Gasteiger partial charge is 0.497 e. The van der Waals surface area contributed by atoms with Gasteiger partial charge in [0, 0.05) is 13.0 Å². The molecule has 4 N–H and O–H groups in total. The number of benzene rings is 1. The van der Waals surface area contributed by atoms with E-state index in [4.69, 9.17) is 10.5 Å². The number of carbonyl (C=O) groups excluding carboxylic acids is 1. The third-order valence-electron chi connectivity index (χ3n) is 3.35. The number of carbonyl (C=O) groups is 1. The molecule has 5 nitrogen and oxygen atoms in total. The molecule has 0 fully saturated rings. The zero-order valence-electron chi connectivity index (χ0n) is 12.7. The van der Waals surface area contributed by atoms with Crippen LogP contribution in [-0.2, 0) is 4.79 Å². The second kappa shape index (κ2) is 10.2. The molecular formula is C16H26N2O3. The van der Waals surface area contributed by atoms with Gasteiger partial charge in [0.1, 0.15) is 5.75 Å². The van der Waals surface area contributed by atoms with Crippen molar-refractivity contribution in [3.05, 3.63) is 29.8 Å². The van der Waals surface area contributed by atoms with Crippen LogP contribution in [0.25, 0.3) is 0 Å². The molecule has 118 valence electrons. The quantitative estimate of drug-likeness (QED) is 0.574. The van der Waals surface area contributed by atoms with E-state index in [1.54, 1.807) is 31.4 Å². The van der Waals surface area contributed by atoms with Gasteiger partial charge in [-0.2, -0.15) is 0 Å². The molecule has 0 spiro atoms. The number of nitrogens with one attached hydrogen (secondary N) is 1. The van der Waals surface area contributed by atoms with Gasteiger partial charge in [0.05, 0.1) is 13.2 Å². The lowest BCUT2D eigenvalue weighted by Crippen LogP contribution is -2.28. The van der Waals surface area contributed by atoms with Crippen molar-refractivity contribution >= 4 is 5.91 Å². The lowest BCUT2D eigenvalue weighted by atomic mass is 10.1. The van der Waals surface area contributed by atoms with Crippen molar-refractivity contribution in [3.8, 4) is 5.75 Å². The molecule has 0 heterocycles. The second-order valence-corrected chi connectivity index (χ2v) is 5.05. The third kappa shape index (κ3) is 7.11. The number of hydrogen-bond donors (Lipinski definition) is 3. The topological polar surface area (TPSA) is 84.6 Å². The van der Waals surface area contributed by atoms with Crippen LogP contribution in [-0.4, -0.2) is 31.2 Å². The summed E-state index contributed by atoms with van der Waals surface area (Å²) in [6.07, 6.45) is 3.77. The average Bonchev–Trinajstić information content (AvgIpc) is 2.52. The first-order valence-electron chi connectivity index (χ1n) is 7.46. The summed E-state index contributed by atoms with van der Waals surface area (Å²) in [5.74, 6) is 0.725. The number of amides is 1. The zero-order chi connectivity index (χ0) is 15.5. The molecule has 1 aromatic rings. The van der Waals surface area contributed by atoms with Crippen LogP contribution in [0.1, 0.15) is 43.8 Å². The van der Waals surface area contributed by atoms with Gasteiger partial charge in [-0.3, -0.25) is 4.79 Å². The van der Waals surface area contributed by atoms with Crippen molar-refractivity contribution in [3.63, 3.8) is 0 Å². The number of unbranched alkanes of at least 4 members (excludes halogenated alkanes) is 3. The average molecular weight is 294 g/mol. The highest BCUT2D eigenvalue weighted by Crippen LogP contribution is 2.17. The van der Waals surface area contributed by atoms with Crippen LogP contribution in [0.4, 0.5) is 0 Å². The Morgan fingerprint density at radius 3 is 2.52 bits per heavy atom. The highest BCUT2D eigenvalue weighted by atomic mass is 16.5. The van der Waals surface area contributed by atoms with Crippen molar-refractivity contribution in [2.45, 2.75) is 38.2 Å². The van der Waals surface area contributed by atoms with Gasteiger partial charge >= 0.3 is 0 Å². The maximum Gasteiger partial charge on any atom is 0.220 e. The summed E-state index contributed by atoms with van der Waals surface area (Å²) in [5.41, 5.74) is 6.17. The monoisotopic (exact) mass is 294 g/mol. The van der Waals surface area contributed by atoms with Gasteiger partial charge < -0.3 is 20.9 Å². The minimum Gasteiger partial charge on any atom is -0.497 e. The Balaban J connectivity index is 2.22. The van der Waals surface area contributed by atoms with Gasteiger partial charge in [-0.15, -0.1) is 0 Å². The Hall–Kier alpha value is -1.59. The van der Waals surface area contributed by atoms with E-state index >= 15 is 0 Å². The lowest BCUT2D eigenvalue weighted by Gasteiger charge is -2.12. The number of ether oxygens (including phenoxy) is 1. The van der Waals surface area contributed by atoms with E-state index in [9.17, 15) is 9.90 Å². The fourth-order valence-corrected chi connectivity index (χ4v) is 2.03. The lowest BCUT2D eigenvalue weighted by molar-refractivity contribution is -0.121. The van der Waals surface area contributed by atoms with Crippen LogP contribution in [0.2, 0.25) is 0 Å². The molecule has 0 aliphatic heterocycles. The minimum atomic E-state index is -0.697. The standard InChI is InChI=1S/C16H26N2O3/c1-21-14-9-7-13(8-10-14)15(19)12-18-16(20)6-4-2-3-5-11-17/h7-10,15,19H,2-6,11-12,17H2,1H3,(H,18,20). The minimum absolute atomic E-state index is 0.0182. The number of methoxy groups -OCH3 is 1. The summed E-state index contributed by atoms with van der Waals surface area (Å²) < 4.78 is 5.06. The maximum atomic E-state index is 11.6. The normalized spacial score (nSPS) is 12.0. The van der Waals surface area contributed by atoms with Gasteiger partial charge in [-0.05, 0) is 37.1 Å². The van der Waals surface area contributed by atoms with Crippen LogP contribution >= 0.6 is 0 Å². The molecule has 1 amide bonds. The van der Waals surface area contributed by atoms with Crippen LogP contribution < -0.4 is 15.8 Å². The van der Waals surface area contributed by atoms with Crippen molar-refractivity contribution in [2.75, 3.05) is 20.2 Å². The summed E-state index contributed by atoms with van der Waals surface area (Å²) >= 11 is 0. The first-order chi connectivity index (χ1) is 10.2. The Morgan fingerprint density at radius 1 is 1.24 bits per heavy atom. The molecular weight excluding hydrogens is 268 g/mol. The van der Waals surface area contributed by atoms with Gasteiger partial charge in [0.15, 0.2) is 0 Å². The molecule has 21 heavy (non-hydrogen) atoms. The fraction of sp³-hybridized carbons (Fsp3) is 0.562. The van der Waals surface area contributed by atoms with Gasteiger partial charge in [0.2, 0.25) is 5.91 Å². The molecule has 0 bridgehead atoms. The van der Waals surface area contributed by atoms with E-state index in [1.165, 1.54) is 0 Å². The van der Waals surface area contributed by atoms with E-state index < -0.39 is 6.10 Å². The van der Waals surface area contributed by atoms with E-state index in [2.05, 4.69) is 5.32 Å². The first-order valence-corrected chi connectivity index (χ1v) is 7.46. The number of nitrogens with two attached hydrogens (primary N) is 1. The van der Waals surface area contributed by atoms with Crippen molar-refractivity contribution in [2.24, 2.45) is 5.73 Å². The van der Waals surface area contributed by atoms with Crippen LogP contribution in [0.5, 0.6) is 5.75 Å². The highest BCUT2D eigenvalue weighted by molar-refractivity contribution is 5.75. The molecule has 0 radical (unpaired) electrons. The zero-order valence-corrected chi connectivity index (χ0v) is 12.7. The summed E-state index contributed by atoms with van der Waals surface area (Å²) in [6, 6.07) is 7.17. The Bertz CT molecular complexity index is 406. The Labute approximate surface area is 126 Å². The van der Waals surface area contributed by atoms with E-state index in [1.807, 2.05) is 0 Å². The molecule has 0 aromatic heterocycles. The fourth-order valence-electron chi connectivity index (χ4n) is 2.03. The Morgan fingerprint density at radius 2 is 1.90 bits per heavy atom. The number of aliphatic hydroxyl groups excluding tert-OH is 1. The second-order valence-electron chi connectivity index (χ2n) is 5.05.